The average Bonchev–Trinajstić information content (AvgIpc) is 2.87. The molecule has 1 aliphatic heterocycles. The van der Waals surface area contributed by atoms with Crippen molar-refractivity contribution in [2.75, 3.05) is 19.5 Å². The number of nitrogens with one attached hydrogen (secondary N) is 2. The van der Waals surface area contributed by atoms with Crippen LogP contribution in [0.25, 0.3) is 0 Å². The summed E-state index contributed by atoms with van der Waals surface area (Å²) in [5, 5.41) is 8.77. The predicted octanol–water partition coefficient (Wildman–Crippen LogP) is 0.989. The second-order valence-electron chi connectivity index (χ2n) is 3.90. The van der Waals surface area contributed by atoms with E-state index < -0.39 is 16.5 Å². The van der Waals surface area contributed by atoms with E-state index in [1.807, 2.05) is 5.23 Å². The molecule has 1 aromatic rings. The van der Waals surface area contributed by atoms with Crippen molar-refractivity contribution >= 4 is 27.7 Å². The molecule has 2 heterocycles. The lowest BCUT2D eigenvalue weighted by molar-refractivity contribution is 0.253. The molecule has 1 unspecified atom stereocenters. The third kappa shape index (κ3) is 3.48. The van der Waals surface area contributed by atoms with E-state index in [0.717, 1.165) is 0 Å². The minimum absolute atomic E-state index is 0.0457. The van der Waals surface area contributed by atoms with Crippen molar-refractivity contribution in [2.45, 2.75) is 6.92 Å². The van der Waals surface area contributed by atoms with Crippen LogP contribution < -0.4 is 15.4 Å². The lowest BCUT2D eigenvalue weighted by Gasteiger charge is -2.09. The summed E-state index contributed by atoms with van der Waals surface area (Å²) in [6, 6.07) is -0.490. The Morgan fingerprint density at radius 3 is 2.64 bits per heavy atom. The molecule has 2 rings (SSSR count). The number of carbonyl (C=O) groups excluding carboxylic acids is 2. The number of hydrogen-bond donors (Lipinski definition) is 2. The highest BCUT2D eigenvalue weighted by molar-refractivity contribution is 8.20. The van der Waals surface area contributed by atoms with Gasteiger partial charge in [-0.15, -0.1) is 0 Å². The molecule has 0 aliphatic carbocycles. The zero-order chi connectivity index (χ0) is 16.1. The van der Waals surface area contributed by atoms with Gasteiger partial charge in [-0.3, -0.25) is 5.32 Å². The number of urea groups is 1. The largest absolute Gasteiger partial charge is 0.488 e. The van der Waals surface area contributed by atoms with Crippen LogP contribution in [-0.4, -0.2) is 40.4 Å². The molecule has 0 spiro atoms. The Morgan fingerprint density at radius 2 is 2.00 bits per heavy atom. The number of hydrogen-bond acceptors (Lipinski definition) is 7. The second-order valence-corrected chi connectivity index (χ2v) is 5.39. The maximum absolute atomic E-state index is 12.0. The number of carbonyl (C=O) groups is 1. The number of aryl methyl sites for hydroxylation is 1. The third-order valence-electron chi connectivity index (χ3n) is 2.45. The minimum atomic E-state index is -0.906. The van der Waals surface area contributed by atoms with Crippen LogP contribution in [0.15, 0.2) is 22.3 Å². The van der Waals surface area contributed by atoms with Crippen LogP contribution in [0.3, 0.4) is 0 Å². The highest BCUT2D eigenvalue weighted by Gasteiger charge is 2.18. The van der Waals surface area contributed by atoms with Gasteiger partial charge in [0.1, 0.15) is 5.82 Å². The number of anilines is 1. The zero-order valence-electron chi connectivity index (χ0n) is 12.0. The summed E-state index contributed by atoms with van der Waals surface area (Å²) >= 11 is 0. The van der Waals surface area contributed by atoms with Gasteiger partial charge in [-0.25, -0.2) is 9.59 Å². The van der Waals surface area contributed by atoms with E-state index in [2.05, 4.69) is 25.6 Å². The molecule has 0 radical (unpaired) electrons. The van der Waals surface area contributed by atoms with Gasteiger partial charge in [0.05, 0.1) is 19.9 Å². The average molecular weight is 323 g/mol. The molecule has 0 aromatic carbocycles. The van der Waals surface area contributed by atoms with Crippen LogP contribution >= 0.6 is 10.5 Å². The molecule has 0 saturated heterocycles. The van der Waals surface area contributed by atoms with Crippen molar-refractivity contribution < 1.29 is 19.1 Å². The van der Waals surface area contributed by atoms with Gasteiger partial charge >= 0.3 is 12.0 Å². The van der Waals surface area contributed by atoms with E-state index >= 15 is 0 Å². The van der Waals surface area contributed by atoms with Gasteiger partial charge in [-0.05, 0) is 28.9 Å². The fourth-order valence-electron chi connectivity index (χ4n) is 1.60. The minimum Gasteiger partial charge on any atom is -0.488 e. The van der Waals surface area contributed by atoms with E-state index in [0.29, 0.717) is 16.6 Å². The van der Waals surface area contributed by atoms with E-state index in [1.54, 1.807) is 18.4 Å². The van der Waals surface area contributed by atoms with Crippen molar-refractivity contribution in [2.24, 2.45) is 0 Å². The summed E-state index contributed by atoms with van der Waals surface area (Å²) < 4.78 is 9.99. The molecule has 116 valence electrons. The number of aromatic nitrogens is 3. The zero-order valence-corrected chi connectivity index (χ0v) is 12.9. The molecule has 9 nitrogen and oxygen atoms in total. The van der Waals surface area contributed by atoms with E-state index in [9.17, 15) is 9.59 Å². The van der Waals surface area contributed by atoms with Gasteiger partial charge < -0.3 is 14.8 Å². The smallest absolute Gasteiger partial charge is 0.326 e. The maximum Gasteiger partial charge on any atom is 0.326 e. The summed E-state index contributed by atoms with van der Waals surface area (Å²) in [7, 11) is 1.92. The van der Waals surface area contributed by atoms with E-state index in [-0.39, 0.29) is 12.0 Å². The Hall–Kier alpha value is -2.71. The van der Waals surface area contributed by atoms with Gasteiger partial charge in [0.15, 0.2) is 10.3 Å². The number of rotatable bonds is 4. The maximum atomic E-state index is 12.0. The fraction of sp³-hybridized carbons (Fsp3) is 0.250. The molecule has 0 saturated carbocycles. The topological polar surface area (TPSA) is 115 Å². The standard InChI is InChI=1S/C12H13N5O4S/c1-7-13-10(17-12(14-7)21-3)16-11(19)15-8-4-5-22(6-18)9(8)20-2/h4-5H,1-3H3,(H2,13,14,15,16,17,19). The third-order valence-corrected chi connectivity index (χ3v) is 3.82. The first-order valence-corrected chi connectivity index (χ1v) is 7.28. The Balaban J connectivity index is 2.12. The highest BCUT2D eigenvalue weighted by Crippen LogP contribution is 2.34. The van der Waals surface area contributed by atoms with Crippen molar-refractivity contribution in [1.29, 1.82) is 0 Å². The molecule has 1 aromatic heterocycles. The molecule has 0 bridgehead atoms. The molecular formula is C12H13N5O4S. The summed E-state index contributed by atoms with van der Waals surface area (Å²) in [5.74, 6) is 0.446. The van der Waals surface area contributed by atoms with Crippen molar-refractivity contribution in [3.8, 4) is 6.01 Å². The van der Waals surface area contributed by atoms with Crippen LogP contribution in [0.2, 0.25) is 0 Å². The van der Waals surface area contributed by atoms with Gasteiger partial charge in [-0.1, -0.05) is 0 Å². The van der Waals surface area contributed by atoms with Crippen molar-refractivity contribution in [3.05, 3.63) is 28.1 Å². The van der Waals surface area contributed by atoms with Crippen LogP contribution in [0.4, 0.5) is 10.7 Å². The molecular weight excluding hydrogens is 310 g/mol. The molecule has 2 N–H and O–H groups in total. The van der Waals surface area contributed by atoms with E-state index in [1.165, 1.54) is 14.2 Å². The summed E-state index contributed by atoms with van der Waals surface area (Å²) in [5.41, 5.74) is 0.379. The Morgan fingerprint density at radius 1 is 1.23 bits per heavy atom. The second kappa shape index (κ2) is 6.83. The number of nitrogens with zero attached hydrogens (tertiary/aromatic N) is 3. The van der Waals surface area contributed by atoms with Crippen molar-refractivity contribution in [3.63, 3.8) is 0 Å². The molecule has 2 amide bonds. The summed E-state index contributed by atoms with van der Waals surface area (Å²) in [6.45, 7) is 1.64. The molecule has 10 heteroatoms. The van der Waals surface area contributed by atoms with Gasteiger partial charge in [0.2, 0.25) is 5.95 Å². The van der Waals surface area contributed by atoms with Crippen LogP contribution in [-0.2, 0) is 9.53 Å². The summed E-state index contributed by atoms with van der Waals surface area (Å²) in [6.07, 6.45) is 1.58. The highest BCUT2D eigenvalue weighted by atomic mass is 32.2. The lowest BCUT2D eigenvalue weighted by Crippen LogP contribution is -2.29. The van der Waals surface area contributed by atoms with Gasteiger partial charge in [0, 0.05) is 0 Å². The predicted molar refractivity (Wildman–Crippen MR) is 79.7 cm³/mol. The number of allylic oxidation sites excluding steroid dienone is 1. The SMILES string of the molecule is COC1=C(NC(=O)Nc2nc(C)nc(OC)n2)C=CS1=C=O. The normalized spacial score (nSPS) is 16.2. The number of amides is 2. The first kappa shape index (κ1) is 15.7. The number of methoxy groups -OCH3 is 2. The monoisotopic (exact) mass is 323 g/mol. The van der Waals surface area contributed by atoms with E-state index in [4.69, 9.17) is 9.47 Å². The Bertz CT molecular complexity index is 724. The Labute approximate surface area is 128 Å². The summed E-state index contributed by atoms with van der Waals surface area (Å²) in [4.78, 5) is 34.5. The Kier molecular flexibility index (Phi) is 4.87. The van der Waals surface area contributed by atoms with Gasteiger partial charge in [0.25, 0.3) is 0 Å². The fourth-order valence-corrected chi connectivity index (χ4v) is 2.66. The number of ether oxygens (including phenoxy) is 2. The van der Waals surface area contributed by atoms with Crippen molar-refractivity contribution in [1.82, 2.24) is 20.3 Å². The van der Waals surface area contributed by atoms with Gasteiger partial charge in [-0.2, -0.15) is 15.0 Å². The molecule has 0 fully saturated rings. The first-order chi connectivity index (χ1) is 10.6. The lowest BCUT2D eigenvalue weighted by atomic mass is 10.5. The van der Waals surface area contributed by atoms with Crippen LogP contribution in [0, 0.1) is 6.92 Å². The van der Waals surface area contributed by atoms with Crippen LogP contribution in [0.1, 0.15) is 5.82 Å². The quantitative estimate of drug-likeness (QED) is 0.794. The van der Waals surface area contributed by atoms with Crippen LogP contribution in [0.5, 0.6) is 6.01 Å². The molecule has 1 atom stereocenters. The molecule has 1 aliphatic rings. The molecule has 22 heavy (non-hydrogen) atoms. The first-order valence-electron chi connectivity index (χ1n) is 5.99.